The van der Waals surface area contributed by atoms with Crippen molar-refractivity contribution in [2.45, 2.75) is 25.4 Å². The van der Waals surface area contributed by atoms with Crippen molar-refractivity contribution in [3.05, 3.63) is 59.4 Å². The number of alkyl halides is 3. The van der Waals surface area contributed by atoms with E-state index in [1.807, 2.05) is 21.9 Å². The molecule has 6 nitrogen and oxygen atoms in total. The van der Waals surface area contributed by atoms with Gasteiger partial charge < -0.3 is 14.5 Å². The monoisotopic (exact) mass is 472 g/mol. The van der Waals surface area contributed by atoms with Gasteiger partial charge in [-0.25, -0.2) is 0 Å². The van der Waals surface area contributed by atoms with Crippen molar-refractivity contribution >= 4 is 11.6 Å². The quantitative estimate of drug-likeness (QED) is 0.660. The molecule has 1 amide bonds. The maximum absolute atomic E-state index is 13.5. The van der Waals surface area contributed by atoms with Gasteiger partial charge in [0, 0.05) is 57.3 Å². The summed E-state index contributed by atoms with van der Waals surface area (Å²) < 4.78 is 45.9. The molecule has 0 saturated carbocycles. The Labute approximate surface area is 196 Å². The number of nitriles is 1. The number of pyridine rings is 1. The molecule has 2 aliphatic rings. The molecule has 0 radical (unpaired) electrons. The predicted molar refractivity (Wildman–Crippen MR) is 120 cm³/mol. The van der Waals surface area contributed by atoms with Crippen LogP contribution in [0.4, 0.5) is 18.9 Å². The number of hydrogen-bond acceptors (Lipinski definition) is 5. The van der Waals surface area contributed by atoms with E-state index in [0.29, 0.717) is 44.9 Å². The molecule has 2 saturated heterocycles. The fraction of sp³-hybridized carbons (Fsp3) is 0.480. The zero-order chi connectivity index (χ0) is 24.3. The standard InChI is InChI=1S/C25H27F3N4O2/c1-34-16-20-15-32(21-5-4-19(13-29)22(12-21)25(26,27)28)17-24(20)6-9-31(10-7-24)23(33)11-18-3-2-8-30-14-18/h2-5,8,12,14,20H,6-7,9-11,15-17H2,1H3. The number of benzene rings is 1. The van der Waals surface area contributed by atoms with Crippen LogP contribution in [0.15, 0.2) is 42.7 Å². The number of amides is 1. The lowest BCUT2D eigenvalue weighted by Gasteiger charge is -2.42. The van der Waals surface area contributed by atoms with Crippen molar-refractivity contribution in [3.63, 3.8) is 0 Å². The van der Waals surface area contributed by atoms with Gasteiger partial charge in [-0.1, -0.05) is 6.07 Å². The molecule has 2 aromatic rings. The Hall–Kier alpha value is -3.12. The fourth-order valence-corrected chi connectivity index (χ4v) is 5.28. The summed E-state index contributed by atoms with van der Waals surface area (Å²) in [4.78, 5) is 20.7. The molecule has 9 heteroatoms. The van der Waals surface area contributed by atoms with E-state index in [1.165, 1.54) is 6.07 Å². The summed E-state index contributed by atoms with van der Waals surface area (Å²) in [6.07, 6.45) is 0.604. The molecule has 3 heterocycles. The molecule has 180 valence electrons. The zero-order valence-corrected chi connectivity index (χ0v) is 19.0. The molecule has 0 bridgehead atoms. The van der Waals surface area contributed by atoms with Gasteiger partial charge in [-0.05, 0) is 48.1 Å². The number of hydrogen-bond donors (Lipinski definition) is 0. The van der Waals surface area contributed by atoms with Crippen LogP contribution in [0.1, 0.15) is 29.5 Å². The van der Waals surface area contributed by atoms with Crippen LogP contribution in [0.5, 0.6) is 0 Å². The molecular weight excluding hydrogens is 445 g/mol. The number of nitrogens with zero attached hydrogens (tertiary/aromatic N) is 4. The Morgan fingerprint density at radius 2 is 2.06 bits per heavy atom. The van der Waals surface area contributed by atoms with Gasteiger partial charge in [0.15, 0.2) is 0 Å². The summed E-state index contributed by atoms with van der Waals surface area (Å²) in [5, 5.41) is 9.10. The van der Waals surface area contributed by atoms with E-state index in [9.17, 15) is 18.0 Å². The minimum absolute atomic E-state index is 0.0582. The Bertz CT molecular complexity index is 1060. The first kappa shape index (κ1) is 24.0. The van der Waals surface area contributed by atoms with Gasteiger partial charge in [0.2, 0.25) is 5.91 Å². The van der Waals surface area contributed by atoms with Gasteiger partial charge in [0.05, 0.1) is 30.2 Å². The second kappa shape index (κ2) is 9.63. The van der Waals surface area contributed by atoms with Gasteiger partial charge in [0.25, 0.3) is 0 Å². The lowest BCUT2D eigenvalue weighted by Crippen LogP contribution is -2.47. The topological polar surface area (TPSA) is 69.5 Å². The highest BCUT2D eigenvalue weighted by Crippen LogP contribution is 2.47. The second-order valence-corrected chi connectivity index (χ2v) is 9.15. The Morgan fingerprint density at radius 1 is 1.29 bits per heavy atom. The number of aromatic nitrogens is 1. The Kier molecular flexibility index (Phi) is 6.80. The summed E-state index contributed by atoms with van der Waals surface area (Å²) in [6.45, 7) is 2.88. The molecule has 1 spiro atoms. The molecule has 1 atom stereocenters. The van der Waals surface area contributed by atoms with Gasteiger partial charge >= 0.3 is 6.18 Å². The number of anilines is 1. The van der Waals surface area contributed by atoms with Crippen molar-refractivity contribution in [1.82, 2.24) is 9.88 Å². The van der Waals surface area contributed by atoms with Gasteiger partial charge in [-0.3, -0.25) is 9.78 Å². The van der Waals surface area contributed by atoms with Crippen LogP contribution in [0, 0.1) is 22.7 Å². The maximum atomic E-state index is 13.5. The van der Waals surface area contributed by atoms with Gasteiger partial charge in [-0.15, -0.1) is 0 Å². The minimum Gasteiger partial charge on any atom is -0.384 e. The number of piperidine rings is 1. The van der Waals surface area contributed by atoms with E-state index in [-0.39, 0.29) is 22.8 Å². The average molecular weight is 473 g/mol. The minimum atomic E-state index is -4.59. The van der Waals surface area contributed by atoms with Crippen LogP contribution in [0.3, 0.4) is 0 Å². The molecule has 1 aromatic heterocycles. The number of halogens is 3. The van der Waals surface area contributed by atoms with E-state index in [1.54, 1.807) is 31.6 Å². The van der Waals surface area contributed by atoms with E-state index >= 15 is 0 Å². The van der Waals surface area contributed by atoms with Crippen molar-refractivity contribution in [2.75, 3.05) is 44.8 Å². The molecule has 1 aromatic carbocycles. The van der Waals surface area contributed by atoms with Crippen LogP contribution < -0.4 is 4.90 Å². The lowest BCUT2D eigenvalue weighted by molar-refractivity contribution is -0.137. The molecule has 0 N–H and O–H groups in total. The van der Waals surface area contributed by atoms with E-state index in [4.69, 9.17) is 10.00 Å². The largest absolute Gasteiger partial charge is 0.417 e. The normalized spacial score (nSPS) is 19.9. The highest BCUT2D eigenvalue weighted by molar-refractivity contribution is 5.78. The van der Waals surface area contributed by atoms with Crippen LogP contribution >= 0.6 is 0 Å². The van der Waals surface area contributed by atoms with Crippen molar-refractivity contribution in [1.29, 1.82) is 5.26 Å². The van der Waals surface area contributed by atoms with E-state index in [0.717, 1.165) is 24.5 Å². The summed E-state index contributed by atoms with van der Waals surface area (Å²) in [7, 11) is 1.63. The van der Waals surface area contributed by atoms with E-state index < -0.39 is 11.7 Å². The third-order valence-corrected chi connectivity index (χ3v) is 7.16. The zero-order valence-electron chi connectivity index (χ0n) is 19.0. The molecule has 1 unspecified atom stereocenters. The predicted octanol–water partition coefficient (Wildman–Crippen LogP) is 3.91. The SMILES string of the molecule is COCC1CN(c2ccc(C#N)c(C(F)(F)F)c2)CC12CCN(C(=O)Cc1cccnc1)CC2. The number of methoxy groups -OCH3 is 1. The highest BCUT2D eigenvalue weighted by Gasteiger charge is 2.48. The number of carbonyl (C=O) groups is 1. The van der Waals surface area contributed by atoms with Crippen LogP contribution in [-0.4, -0.2) is 55.7 Å². The summed E-state index contributed by atoms with van der Waals surface area (Å²) in [6, 6.07) is 9.24. The number of carbonyl (C=O) groups excluding carboxylic acids is 1. The molecule has 0 aliphatic carbocycles. The first-order valence-electron chi connectivity index (χ1n) is 11.3. The second-order valence-electron chi connectivity index (χ2n) is 9.15. The number of ether oxygens (including phenoxy) is 1. The van der Waals surface area contributed by atoms with Crippen molar-refractivity contribution in [2.24, 2.45) is 11.3 Å². The molecule has 34 heavy (non-hydrogen) atoms. The Morgan fingerprint density at radius 3 is 2.68 bits per heavy atom. The fourth-order valence-electron chi connectivity index (χ4n) is 5.28. The Balaban J connectivity index is 1.49. The summed E-state index contributed by atoms with van der Waals surface area (Å²) in [5.74, 6) is 0.195. The third-order valence-electron chi connectivity index (χ3n) is 7.16. The third kappa shape index (κ3) is 4.87. The number of rotatable bonds is 5. The first-order valence-corrected chi connectivity index (χ1v) is 11.3. The summed E-state index contributed by atoms with van der Waals surface area (Å²) >= 11 is 0. The highest BCUT2D eigenvalue weighted by atomic mass is 19.4. The molecule has 2 fully saturated rings. The molecular formula is C25H27F3N4O2. The average Bonchev–Trinajstić information content (AvgIpc) is 3.17. The lowest BCUT2D eigenvalue weighted by atomic mass is 9.71. The molecule has 4 rings (SSSR count). The van der Waals surface area contributed by atoms with Crippen molar-refractivity contribution < 1.29 is 22.7 Å². The smallest absolute Gasteiger partial charge is 0.384 e. The maximum Gasteiger partial charge on any atom is 0.417 e. The van der Waals surface area contributed by atoms with E-state index in [2.05, 4.69) is 4.98 Å². The first-order chi connectivity index (χ1) is 16.3. The van der Waals surface area contributed by atoms with Crippen LogP contribution in [0.25, 0.3) is 0 Å². The van der Waals surface area contributed by atoms with Gasteiger partial charge in [0.1, 0.15) is 0 Å². The van der Waals surface area contributed by atoms with Crippen LogP contribution in [0.2, 0.25) is 0 Å². The number of likely N-dealkylation sites (tertiary alicyclic amines) is 1. The van der Waals surface area contributed by atoms with Gasteiger partial charge in [-0.2, -0.15) is 18.4 Å². The van der Waals surface area contributed by atoms with Crippen LogP contribution in [-0.2, 0) is 22.1 Å². The molecule has 2 aliphatic heterocycles. The van der Waals surface area contributed by atoms with Crippen molar-refractivity contribution in [3.8, 4) is 6.07 Å². The summed E-state index contributed by atoms with van der Waals surface area (Å²) in [5.41, 5.74) is -0.0997.